The Hall–Kier alpha value is -1.03. The fourth-order valence-electron chi connectivity index (χ4n) is 2.48. The van der Waals surface area contributed by atoms with Gasteiger partial charge in [-0.3, -0.25) is 4.90 Å². The van der Waals surface area contributed by atoms with Gasteiger partial charge in [-0.05, 0) is 26.2 Å². The minimum absolute atomic E-state index is 0.0743. The Labute approximate surface area is 97.1 Å². The highest BCUT2D eigenvalue weighted by molar-refractivity contribution is 5.74. The van der Waals surface area contributed by atoms with Crippen LogP contribution < -0.4 is 10.6 Å². The standard InChI is InChI=1S/C12H21N3O/c1-3-6-13-12(16)14-10-7-9(2)15(8-10)11-4-5-11/h3,9-11H,1,4-8H2,2H3,(H2,13,14,16)/t9-,10+/m1/s1. The van der Waals surface area contributed by atoms with Crippen molar-refractivity contribution >= 4 is 6.03 Å². The second-order valence-electron chi connectivity index (χ2n) is 4.85. The number of carbonyl (C=O) groups is 1. The molecule has 2 amide bonds. The Bertz CT molecular complexity index is 275. The number of likely N-dealkylation sites (tertiary alicyclic amines) is 1. The summed E-state index contributed by atoms with van der Waals surface area (Å²) in [7, 11) is 0. The Kier molecular flexibility index (Phi) is 3.49. The van der Waals surface area contributed by atoms with Crippen LogP contribution in [-0.2, 0) is 0 Å². The summed E-state index contributed by atoms with van der Waals surface area (Å²) in [5, 5.41) is 5.76. The number of hydrogen-bond donors (Lipinski definition) is 2. The van der Waals surface area contributed by atoms with Crippen LogP contribution in [-0.4, -0.2) is 42.1 Å². The van der Waals surface area contributed by atoms with Crippen molar-refractivity contribution in [2.45, 2.75) is 44.3 Å². The molecule has 0 radical (unpaired) electrons. The molecule has 1 saturated heterocycles. The summed E-state index contributed by atoms with van der Waals surface area (Å²) in [6.07, 6.45) is 5.42. The van der Waals surface area contributed by atoms with E-state index in [1.54, 1.807) is 6.08 Å². The van der Waals surface area contributed by atoms with E-state index in [1.807, 2.05) is 0 Å². The fraction of sp³-hybridized carbons (Fsp3) is 0.750. The third kappa shape index (κ3) is 2.76. The zero-order chi connectivity index (χ0) is 11.5. The van der Waals surface area contributed by atoms with Crippen molar-refractivity contribution in [3.05, 3.63) is 12.7 Å². The van der Waals surface area contributed by atoms with E-state index >= 15 is 0 Å². The molecule has 90 valence electrons. The molecule has 4 heteroatoms. The Morgan fingerprint density at radius 3 is 2.94 bits per heavy atom. The third-order valence-corrected chi connectivity index (χ3v) is 3.38. The lowest BCUT2D eigenvalue weighted by atomic mass is 10.2. The molecule has 4 nitrogen and oxygen atoms in total. The van der Waals surface area contributed by atoms with E-state index in [4.69, 9.17) is 0 Å². The molecule has 0 spiro atoms. The lowest BCUT2D eigenvalue weighted by Gasteiger charge is -2.19. The largest absolute Gasteiger partial charge is 0.335 e. The van der Waals surface area contributed by atoms with Gasteiger partial charge in [0, 0.05) is 31.2 Å². The van der Waals surface area contributed by atoms with Crippen molar-refractivity contribution in [3.8, 4) is 0 Å². The zero-order valence-electron chi connectivity index (χ0n) is 9.91. The van der Waals surface area contributed by atoms with Crippen molar-refractivity contribution in [1.29, 1.82) is 0 Å². The van der Waals surface area contributed by atoms with Gasteiger partial charge in [0.15, 0.2) is 0 Å². The number of amides is 2. The summed E-state index contributed by atoms with van der Waals surface area (Å²) in [6.45, 7) is 7.36. The Morgan fingerprint density at radius 2 is 2.31 bits per heavy atom. The molecule has 1 heterocycles. The molecule has 1 aliphatic heterocycles. The summed E-state index contributed by atoms with van der Waals surface area (Å²) in [6, 6.07) is 1.63. The first-order valence-electron chi connectivity index (χ1n) is 6.11. The number of rotatable bonds is 4. The van der Waals surface area contributed by atoms with Gasteiger partial charge in [-0.25, -0.2) is 4.79 Å². The van der Waals surface area contributed by atoms with Crippen LogP contribution in [0.5, 0.6) is 0 Å². The number of hydrogen-bond acceptors (Lipinski definition) is 2. The van der Waals surface area contributed by atoms with Gasteiger partial charge in [-0.1, -0.05) is 6.08 Å². The molecule has 0 bridgehead atoms. The molecule has 0 aromatic rings. The minimum Gasteiger partial charge on any atom is -0.335 e. The van der Waals surface area contributed by atoms with Crippen molar-refractivity contribution < 1.29 is 4.79 Å². The molecular formula is C12H21N3O. The Morgan fingerprint density at radius 1 is 1.56 bits per heavy atom. The lowest BCUT2D eigenvalue weighted by molar-refractivity contribution is 0.235. The molecule has 2 fully saturated rings. The predicted molar refractivity (Wildman–Crippen MR) is 64.3 cm³/mol. The second-order valence-corrected chi connectivity index (χ2v) is 4.85. The van der Waals surface area contributed by atoms with Crippen LogP contribution in [0.4, 0.5) is 4.79 Å². The second kappa shape index (κ2) is 4.87. The molecule has 2 N–H and O–H groups in total. The van der Waals surface area contributed by atoms with E-state index in [0.717, 1.165) is 19.0 Å². The van der Waals surface area contributed by atoms with Gasteiger partial charge in [0.1, 0.15) is 0 Å². The maximum atomic E-state index is 11.5. The van der Waals surface area contributed by atoms with Crippen molar-refractivity contribution in [1.82, 2.24) is 15.5 Å². The van der Waals surface area contributed by atoms with Gasteiger partial charge >= 0.3 is 6.03 Å². The van der Waals surface area contributed by atoms with Crippen LogP contribution in [0.3, 0.4) is 0 Å². The summed E-state index contributed by atoms with van der Waals surface area (Å²) in [5.41, 5.74) is 0. The third-order valence-electron chi connectivity index (χ3n) is 3.38. The van der Waals surface area contributed by atoms with Crippen molar-refractivity contribution in [2.24, 2.45) is 0 Å². The van der Waals surface area contributed by atoms with Gasteiger partial charge < -0.3 is 10.6 Å². The van der Waals surface area contributed by atoms with Crippen molar-refractivity contribution in [3.63, 3.8) is 0 Å². The van der Waals surface area contributed by atoms with E-state index in [1.165, 1.54) is 12.8 Å². The average molecular weight is 223 g/mol. The summed E-state index contributed by atoms with van der Waals surface area (Å²) in [5.74, 6) is 0. The fourth-order valence-corrected chi connectivity index (χ4v) is 2.48. The van der Waals surface area contributed by atoms with E-state index in [9.17, 15) is 4.79 Å². The predicted octanol–water partition coefficient (Wildman–Crippen LogP) is 1.10. The quantitative estimate of drug-likeness (QED) is 0.701. The summed E-state index contributed by atoms with van der Waals surface area (Å²) in [4.78, 5) is 14.0. The van der Waals surface area contributed by atoms with E-state index in [-0.39, 0.29) is 6.03 Å². The van der Waals surface area contributed by atoms with Gasteiger partial charge in [0.25, 0.3) is 0 Å². The molecule has 1 saturated carbocycles. The van der Waals surface area contributed by atoms with E-state index < -0.39 is 0 Å². The number of carbonyl (C=O) groups excluding carboxylic acids is 1. The summed E-state index contributed by atoms with van der Waals surface area (Å²) < 4.78 is 0. The number of nitrogens with zero attached hydrogens (tertiary/aromatic N) is 1. The zero-order valence-corrected chi connectivity index (χ0v) is 9.91. The lowest BCUT2D eigenvalue weighted by Crippen LogP contribution is -2.43. The number of nitrogens with one attached hydrogen (secondary N) is 2. The van der Waals surface area contributed by atoms with Gasteiger partial charge in [-0.15, -0.1) is 6.58 Å². The van der Waals surface area contributed by atoms with Crippen LogP contribution in [0.2, 0.25) is 0 Å². The average Bonchev–Trinajstić information content (AvgIpc) is 3.01. The topological polar surface area (TPSA) is 44.4 Å². The highest BCUT2D eigenvalue weighted by atomic mass is 16.2. The van der Waals surface area contributed by atoms with Gasteiger partial charge in [0.05, 0.1) is 0 Å². The first kappa shape index (κ1) is 11.5. The number of urea groups is 1. The minimum atomic E-state index is -0.0743. The molecule has 2 aliphatic rings. The smallest absolute Gasteiger partial charge is 0.315 e. The highest BCUT2D eigenvalue weighted by Gasteiger charge is 2.38. The summed E-state index contributed by atoms with van der Waals surface area (Å²) >= 11 is 0. The first-order chi connectivity index (χ1) is 7.70. The van der Waals surface area contributed by atoms with Crippen molar-refractivity contribution in [2.75, 3.05) is 13.1 Å². The monoisotopic (exact) mass is 223 g/mol. The van der Waals surface area contributed by atoms with E-state index in [2.05, 4.69) is 29.0 Å². The van der Waals surface area contributed by atoms with Gasteiger partial charge in [-0.2, -0.15) is 0 Å². The molecular weight excluding hydrogens is 202 g/mol. The van der Waals surface area contributed by atoms with E-state index in [0.29, 0.717) is 18.6 Å². The maximum absolute atomic E-state index is 11.5. The maximum Gasteiger partial charge on any atom is 0.315 e. The molecule has 16 heavy (non-hydrogen) atoms. The molecule has 0 aromatic carbocycles. The highest BCUT2D eigenvalue weighted by Crippen LogP contribution is 2.33. The SMILES string of the molecule is C=CCNC(=O)N[C@H]1C[C@@H](C)N(C2CC2)C1. The van der Waals surface area contributed by atoms with Crippen LogP contribution in [0, 0.1) is 0 Å². The molecule has 2 rings (SSSR count). The van der Waals surface area contributed by atoms with Crippen LogP contribution in [0.1, 0.15) is 26.2 Å². The normalized spacial score (nSPS) is 30.1. The molecule has 0 unspecified atom stereocenters. The Balaban J connectivity index is 1.74. The van der Waals surface area contributed by atoms with Crippen LogP contribution in [0.15, 0.2) is 12.7 Å². The van der Waals surface area contributed by atoms with Crippen LogP contribution >= 0.6 is 0 Å². The molecule has 1 aliphatic carbocycles. The van der Waals surface area contributed by atoms with Gasteiger partial charge in [0.2, 0.25) is 0 Å². The first-order valence-corrected chi connectivity index (χ1v) is 6.11. The molecule has 0 aromatic heterocycles. The van der Waals surface area contributed by atoms with Crippen LogP contribution in [0.25, 0.3) is 0 Å². The molecule has 2 atom stereocenters.